The minimum atomic E-state index is -0.425. The predicted octanol–water partition coefficient (Wildman–Crippen LogP) is 2.04. The summed E-state index contributed by atoms with van der Waals surface area (Å²) in [6, 6.07) is 4.96. The van der Waals surface area contributed by atoms with E-state index in [1.54, 1.807) is 18.2 Å². The van der Waals surface area contributed by atoms with Crippen LogP contribution >= 0.6 is 34.2 Å². The highest BCUT2D eigenvalue weighted by atomic mass is 127. The van der Waals surface area contributed by atoms with Gasteiger partial charge in [0, 0.05) is 8.59 Å². The Kier molecular flexibility index (Phi) is 2.72. The lowest BCUT2D eigenvalue weighted by atomic mass is 10.2. The number of benzene rings is 1. The first-order valence-corrected chi connectivity index (χ1v) is 4.32. The summed E-state index contributed by atoms with van der Waals surface area (Å²) in [5, 5.41) is 0.611. The van der Waals surface area contributed by atoms with Gasteiger partial charge in [0.1, 0.15) is 0 Å². The number of carbonyl (C=O) groups is 1. The van der Waals surface area contributed by atoms with Gasteiger partial charge in [-0.2, -0.15) is 0 Å². The average Bonchev–Trinajstić information content (AvgIpc) is 1.85. The minimum Gasteiger partial charge on any atom is -0.366 e. The van der Waals surface area contributed by atoms with Gasteiger partial charge in [0.25, 0.3) is 0 Å². The van der Waals surface area contributed by atoms with Gasteiger partial charge in [0.05, 0.1) is 5.56 Å². The number of primary amides is 1. The second kappa shape index (κ2) is 3.40. The van der Waals surface area contributed by atoms with Crippen LogP contribution < -0.4 is 5.73 Å². The van der Waals surface area contributed by atoms with Crippen LogP contribution in [0.25, 0.3) is 0 Å². The van der Waals surface area contributed by atoms with E-state index >= 15 is 0 Å². The summed E-state index contributed by atoms with van der Waals surface area (Å²) in [5.74, 6) is -0.425. The molecule has 0 fully saturated rings. The second-order valence-corrected chi connectivity index (χ2v) is 3.59. The number of rotatable bonds is 1. The molecular weight excluding hydrogens is 276 g/mol. The first-order valence-electron chi connectivity index (χ1n) is 2.86. The van der Waals surface area contributed by atoms with E-state index in [9.17, 15) is 4.79 Å². The van der Waals surface area contributed by atoms with Crippen molar-refractivity contribution < 1.29 is 4.79 Å². The molecule has 1 aromatic carbocycles. The zero-order valence-corrected chi connectivity index (χ0v) is 8.39. The summed E-state index contributed by atoms with van der Waals surface area (Å²) >= 11 is 7.68. The fourth-order valence-corrected chi connectivity index (χ4v) is 1.83. The summed E-state index contributed by atoms with van der Waals surface area (Å²) in [7, 11) is 0. The standard InChI is InChI=1S/C7H5ClINO/c8-4-1-2-5(7(10)11)6(9)3-4/h1-3H,(H2,10,11). The normalized spacial score (nSPS) is 9.64. The van der Waals surface area contributed by atoms with Crippen LogP contribution in [-0.2, 0) is 0 Å². The molecule has 0 aromatic heterocycles. The first-order chi connectivity index (χ1) is 5.11. The molecule has 0 bridgehead atoms. The third-order valence-electron chi connectivity index (χ3n) is 1.20. The molecule has 0 aliphatic carbocycles. The first kappa shape index (κ1) is 8.80. The Morgan fingerprint density at radius 2 is 2.18 bits per heavy atom. The predicted molar refractivity (Wildman–Crippen MR) is 52.7 cm³/mol. The molecule has 2 N–H and O–H groups in total. The van der Waals surface area contributed by atoms with E-state index in [-0.39, 0.29) is 0 Å². The van der Waals surface area contributed by atoms with Crippen LogP contribution in [0.15, 0.2) is 18.2 Å². The van der Waals surface area contributed by atoms with Crippen molar-refractivity contribution >= 4 is 40.1 Å². The molecular formula is C7H5ClINO. The van der Waals surface area contributed by atoms with E-state index in [1.807, 2.05) is 22.6 Å². The summed E-state index contributed by atoms with van der Waals surface area (Å²) in [6.45, 7) is 0. The Bertz CT molecular complexity index is 300. The van der Waals surface area contributed by atoms with Crippen molar-refractivity contribution in [1.82, 2.24) is 0 Å². The van der Waals surface area contributed by atoms with Crippen LogP contribution in [0, 0.1) is 3.57 Å². The van der Waals surface area contributed by atoms with Gasteiger partial charge in [-0.1, -0.05) is 11.6 Å². The Hall–Kier alpha value is -0.290. The molecule has 0 saturated carbocycles. The number of nitrogens with two attached hydrogens (primary N) is 1. The maximum atomic E-state index is 10.7. The molecule has 58 valence electrons. The molecule has 0 spiro atoms. The fraction of sp³-hybridized carbons (Fsp3) is 0. The lowest BCUT2D eigenvalue weighted by Crippen LogP contribution is -2.12. The summed E-state index contributed by atoms with van der Waals surface area (Å²) in [5.41, 5.74) is 5.59. The van der Waals surface area contributed by atoms with Crippen molar-refractivity contribution in [3.05, 3.63) is 32.4 Å². The van der Waals surface area contributed by atoms with Crippen LogP contribution in [0.4, 0.5) is 0 Å². The minimum absolute atomic E-state index is 0.425. The number of amides is 1. The molecule has 0 heterocycles. The maximum Gasteiger partial charge on any atom is 0.249 e. The van der Waals surface area contributed by atoms with Crippen molar-refractivity contribution in [1.29, 1.82) is 0 Å². The van der Waals surface area contributed by atoms with E-state index in [4.69, 9.17) is 17.3 Å². The maximum absolute atomic E-state index is 10.7. The lowest BCUT2D eigenvalue weighted by Gasteiger charge is -1.98. The lowest BCUT2D eigenvalue weighted by molar-refractivity contribution is 0.0999. The van der Waals surface area contributed by atoms with Gasteiger partial charge in [0.2, 0.25) is 5.91 Å². The molecule has 0 unspecified atom stereocenters. The van der Waals surface area contributed by atoms with E-state index in [0.717, 1.165) is 3.57 Å². The number of carbonyl (C=O) groups excluding carboxylic acids is 1. The topological polar surface area (TPSA) is 43.1 Å². The van der Waals surface area contributed by atoms with Crippen LogP contribution in [0.1, 0.15) is 10.4 Å². The van der Waals surface area contributed by atoms with Crippen molar-refractivity contribution in [2.75, 3.05) is 0 Å². The molecule has 11 heavy (non-hydrogen) atoms. The van der Waals surface area contributed by atoms with Gasteiger partial charge >= 0.3 is 0 Å². The van der Waals surface area contributed by atoms with Crippen molar-refractivity contribution in [3.8, 4) is 0 Å². The quantitative estimate of drug-likeness (QED) is 0.787. The largest absolute Gasteiger partial charge is 0.366 e. The fourth-order valence-electron chi connectivity index (χ4n) is 0.689. The Labute approximate surface area is 82.9 Å². The number of hydrogen-bond donors (Lipinski definition) is 1. The molecule has 0 aliphatic heterocycles. The van der Waals surface area contributed by atoms with Crippen molar-refractivity contribution in [2.24, 2.45) is 5.73 Å². The summed E-state index contributed by atoms with van der Waals surface area (Å²) in [4.78, 5) is 10.7. The SMILES string of the molecule is NC(=O)c1ccc(Cl)cc1I. The Morgan fingerprint density at radius 3 is 2.64 bits per heavy atom. The number of halogens is 2. The molecule has 0 saturated heterocycles. The smallest absolute Gasteiger partial charge is 0.249 e. The molecule has 4 heteroatoms. The highest BCUT2D eigenvalue weighted by molar-refractivity contribution is 14.1. The van der Waals surface area contributed by atoms with Crippen LogP contribution in [-0.4, -0.2) is 5.91 Å². The summed E-state index contributed by atoms with van der Waals surface area (Å²) < 4.78 is 0.780. The van der Waals surface area contributed by atoms with Gasteiger partial charge in [0.15, 0.2) is 0 Å². The van der Waals surface area contributed by atoms with Crippen LogP contribution in [0.2, 0.25) is 5.02 Å². The zero-order chi connectivity index (χ0) is 8.43. The second-order valence-electron chi connectivity index (χ2n) is 1.99. The monoisotopic (exact) mass is 281 g/mol. The molecule has 0 aliphatic rings. The molecule has 1 rings (SSSR count). The molecule has 0 atom stereocenters. The van der Waals surface area contributed by atoms with E-state index in [0.29, 0.717) is 10.6 Å². The van der Waals surface area contributed by atoms with Gasteiger partial charge in [-0.3, -0.25) is 4.79 Å². The molecule has 0 radical (unpaired) electrons. The van der Waals surface area contributed by atoms with Crippen LogP contribution in [0.3, 0.4) is 0 Å². The van der Waals surface area contributed by atoms with Gasteiger partial charge in [-0.15, -0.1) is 0 Å². The Morgan fingerprint density at radius 1 is 1.55 bits per heavy atom. The third-order valence-corrected chi connectivity index (χ3v) is 2.32. The number of hydrogen-bond acceptors (Lipinski definition) is 1. The molecule has 2 nitrogen and oxygen atoms in total. The summed E-state index contributed by atoms with van der Waals surface area (Å²) in [6.07, 6.45) is 0. The third kappa shape index (κ3) is 2.07. The highest BCUT2D eigenvalue weighted by Gasteiger charge is 2.04. The highest BCUT2D eigenvalue weighted by Crippen LogP contribution is 2.17. The van der Waals surface area contributed by atoms with Gasteiger partial charge in [-0.05, 0) is 40.8 Å². The van der Waals surface area contributed by atoms with E-state index in [1.165, 1.54) is 0 Å². The van der Waals surface area contributed by atoms with Crippen molar-refractivity contribution in [3.63, 3.8) is 0 Å². The average molecular weight is 281 g/mol. The van der Waals surface area contributed by atoms with Crippen molar-refractivity contribution in [2.45, 2.75) is 0 Å². The Balaban J connectivity index is 3.20. The molecule has 1 aromatic rings. The van der Waals surface area contributed by atoms with Gasteiger partial charge < -0.3 is 5.73 Å². The van der Waals surface area contributed by atoms with E-state index in [2.05, 4.69) is 0 Å². The van der Waals surface area contributed by atoms with E-state index < -0.39 is 5.91 Å². The zero-order valence-electron chi connectivity index (χ0n) is 5.47. The molecule has 1 amide bonds. The van der Waals surface area contributed by atoms with Crippen LogP contribution in [0.5, 0.6) is 0 Å². The van der Waals surface area contributed by atoms with Gasteiger partial charge in [-0.25, -0.2) is 0 Å².